The fraction of sp³-hybridized carbons (Fsp3) is 0.192. The largest absolute Gasteiger partial charge is 0.452 e. The maximum Gasteiger partial charge on any atom is 0.339 e. The van der Waals surface area contributed by atoms with Crippen LogP contribution in [0.25, 0.3) is 0 Å². The normalized spacial score (nSPS) is 10.6. The standard InChI is InChI=1S/C26H25NO4/c1-18(2)27(21-9-5-4-6-10-21)24(28)17-31-26(30)23-12-8-7-11-22(23)25(29)20-15-13-19(3)14-16-20/h4-16,18H,17H2,1-3H3. The quantitative estimate of drug-likeness (QED) is 0.410. The number of nitrogens with zero attached hydrogens (tertiary/aromatic N) is 1. The van der Waals surface area contributed by atoms with Gasteiger partial charge in [-0.25, -0.2) is 4.79 Å². The van der Waals surface area contributed by atoms with Crippen molar-refractivity contribution in [1.29, 1.82) is 0 Å². The Hall–Kier alpha value is -3.73. The summed E-state index contributed by atoms with van der Waals surface area (Å²) in [5, 5.41) is 0. The predicted octanol–water partition coefficient (Wildman–Crippen LogP) is 4.82. The SMILES string of the molecule is Cc1ccc(C(=O)c2ccccc2C(=O)OCC(=O)N(c2ccccc2)C(C)C)cc1. The Kier molecular flexibility index (Phi) is 6.98. The van der Waals surface area contributed by atoms with Crippen LogP contribution < -0.4 is 4.90 Å². The fourth-order valence-electron chi connectivity index (χ4n) is 3.31. The molecule has 0 aliphatic heterocycles. The number of carbonyl (C=O) groups excluding carboxylic acids is 3. The predicted molar refractivity (Wildman–Crippen MR) is 120 cm³/mol. The molecule has 158 valence electrons. The second-order valence-corrected chi connectivity index (χ2v) is 7.51. The van der Waals surface area contributed by atoms with E-state index in [0.29, 0.717) is 5.56 Å². The molecule has 3 rings (SSSR count). The van der Waals surface area contributed by atoms with Gasteiger partial charge in [-0.2, -0.15) is 0 Å². The maximum absolute atomic E-state index is 12.9. The maximum atomic E-state index is 12.9. The average Bonchev–Trinajstić information content (AvgIpc) is 2.78. The lowest BCUT2D eigenvalue weighted by Crippen LogP contribution is -2.40. The minimum atomic E-state index is -0.707. The smallest absolute Gasteiger partial charge is 0.339 e. The first-order chi connectivity index (χ1) is 14.9. The lowest BCUT2D eigenvalue weighted by molar-refractivity contribution is -0.122. The molecule has 0 bridgehead atoms. The van der Waals surface area contributed by atoms with E-state index in [4.69, 9.17) is 4.74 Å². The number of ether oxygens (including phenoxy) is 1. The number of anilines is 1. The van der Waals surface area contributed by atoms with E-state index in [-0.39, 0.29) is 28.9 Å². The van der Waals surface area contributed by atoms with Gasteiger partial charge in [-0.15, -0.1) is 0 Å². The van der Waals surface area contributed by atoms with Gasteiger partial charge < -0.3 is 9.64 Å². The molecule has 0 spiro atoms. The molecule has 0 aromatic heterocycles. The third-order valence-corrected chi connectivity index (χ3v) is 4.85. The van der Waals surface area contributed by atoms with Crippen molar-refractivity contribution in [3.8, 4) is 0 Å². The second-order valence-electron chi connectivity index (χ2n) is 7.51. The lowest BCUT2D eigenvalue weighted by Gasteiger charge is -2.26. The molecule has 1 amide bonds. The van der Waals surface area contributed by atoms with Gasteiger partial charge in [-0.3, -0.25) is 9.59 Å². The summed E-state index contributed by atoms with van der Waals surface area (Å²) >= 11 is 0. The monoisotopic (exact) mass is 415 g/mol. The minimum Gasteiger partial charge on any atom is -0.452 e. The highest BCUT2D eigenvalue weighted by Gasteiger charge is 2.23. The third kappa shape index (κ3) is 5.25. The molecule has 31 heavy (non-hydrogen) atoms. The highest BCUT2D eigenvalue weighted by atomic mass is 16.5. The van der Waals surface area contributed by atoms with Gasteiger partial charge in [0.05, 0.1) is 5.56 Å². The van der Waals surface area contributed by atoms with Crippen molar-refractivity contribution in [2.45, 2.75) is 26.8 Å². The van der Waals surface area contributed by atoms with E-state index >= 15 is 0 Å². The molecule has 0 N–H and O–H groups in total. The Balaban J connectivity index is 1.76. The number of hydrogen-bond donors (Lipinski definition) is 0. The van der Waals surface area contributed by atoms with Crippen LogP contribution in [0.2, 0.25) is 0 Å². The van der Waals surface area contributed by atoms with Gasteiger partial charge in [0.2, 0.25) is 0 Å². The summed E-state index contributed by atoms with van der Waals surface area (Å²) in [7, 11) is 0. The second kappa shape index (κ2) is 9.85. The Morgan fingerprint density at radius 1 is 0.806 bits per heavy atom. The molecule has 0 atom stereocenters. The van der Waals surface area contributed by atoms with Crippen molar-refractivity contribution in [2.75, 3.05) is 11.5 Å². The number of aryl methyl sites for hydroxylation is 1. The van der Waals surface area contributed by atoms with Gasteiger partial charge in [0, 0.05) is 22.9 Å². The number of carbonyl (C=O) groups is 3. The molecule has 0 heterocycles. The highest BCUT2D eigenvalue weighted by molar-refractivity contribution is 6.14. The summed E-state index contributed by atoms with van der Waals surface area (Å²) in [4.78, 5) is 40.0. The Morgan fingerprint density at radius 2 is 1.39 bits per heavy atom. The van der Waals surface area contributed by atoms with Gasteiger partial charge in [0.1, 0.15) is 0 Å². The summed E-state index contributed by atoms with van der Waals surface area (Å²) in [5.74, 6) is -1.31. The molecular weight excluding hydrogens is 390 g/mol. The number of benzene rings is 3. The van der Waals surface area contributed by atoms with Crippen LogP contribution in [0, 0.1) is 6.92 Å². The minimum absolute atomic E-state index is 0.107. The van der Waals surface area contributed by atoms with Crippen LogP contribution in [-0.4, -0.2) is 30.3 Å². The molecule has 0 fully saturated rings. The molecule has 0 saturated heterocycles. The van der Waals surface area contributed by atoms with E-state index < -0.39 is 12.6 Å². The van der Waals surface area contributed by atoms with Gasteiger partial charge in [-0.05, 0) is 39.0 Å². The molecule has 5 heteroatoms. The summed E-state index contributed by atoms with van der Waals surface area (Å²) in [6, 6.07) is 22.7. The first-order valence-corrected chi connectivity index (χ1v) is 10.1. The van der Waals surface area contributed by atoms with Crippen molar-refractivity contribution in [1.82, 2.24) is 0 Å². The first kappa shape index (κ1) is 22.0. The number of para-hydroxylation sites is 1. The van der Waals surface area contributed by atoms with Gasteiger partial charge in [-0.1, -0.05) is 66.2 Å². The molecule has 3 aromatic carbocycles. The summed E-state index contributed by atoms with van der Waals surface area (Å²) in [5.41, 5.74) is 2.63. The van der Waals surface area contributed by atoms with Crippen LogP contribution in [0.15, 0.2) is 78.9 Å². The molecule has 0 aliphatic rings. The Bertz CT molecular complexity index is 1070. The van der Waals surface area contributed by atoms with Gasteiger partial charge in [0.15, 0.2) is 12.4 Å². The zero-order chi connectivity index (χ0) is 22.4. The van der Waals surface area contributed by atoms with Gasteiger partial charge >= 0.3 is 5.97 Å². The zero-order valence-corrected chi connectivity index (χ0v) is 17.9. The van der Waals surface area contributed by atoms with Crippen molar-refractivity contribution in [3.63, 3.8) is 0 Å². The van der Waals surface area contributed by atoms with Crippen LogP contribution in [-0.2, 0) is 9.53 Å². The molecular formula is C26H25NO4. The van der Waals surface area contributed by atoms with Crippen LogP contribution in [0.4, 0.5) is 5.69 Å². The zero-order valence-electron chi connectivity index (χ0n) is 17.9. The average molecular weight is 415 g/mol. The molecule has 0 saturated carbocycles. The molecule has 5 nitrogen and oxygen atoms in total. The summed E-state index contributed by atoms with van der Waals surface area (Å²) in [6.45, 7) is 5.30. The number of amides is 1. The third-order valence-electron chi connectivity index (χ3n) is 4.85. The molecule has 0 radical (unpaired) electrons. The van der Waals surface area contributed by atoms with Crippen LogP contribution in [0.3, 0.4) is 0 Å². The van der Waals surface area contributed by atoms with Crippen molar-refractivity contribution < 1.29 is 19.1 Å². The van der Waals surface area contributed by atoms with Crippen LogP contribution in [0.5, 0.6) is 0 Å². The lowest BCUT2D eigenvalue weighted by atomic mass is 9.98. The molecule has 0 unspecified atom stereocenters. The molecule has 0 aliphatic carbocycles. The van der Waals surface area contributed by atoms with Crippen LogP contribution >= 0.6 is 0 Å². The van der Waals surface area contributed by atoms with Crippen LogP contribution in [0.1, 0.15) is 45.7 Å². The van der Waals surface area contributed by atoms with E-state index in [9.17, 15) is 14.4 Å². The van der Waals surface area contributed by atoms with Crippen molar-refractivity contribution in [2.24, 2.45) is 0 Å². The fourth-order valence-corrected chi connectivity index (χ4v) is 3.31. The van der Waals surface area contributed by atoms with Crippen molar-refractivity contribution >= 4 is 23.3 Å². The van der Waals surface area contributed by atoms with E-state index in [2.05, 4.69) is 0 Å². The van der Waals surface area contributed by atoms with Gasteiger partial charge in [0.25, 0.3) is 5.91 Å². The summed E-state index contributed by atoms with van der Waals surface area (Å²) in [6.07, 6.45) is 0. The number of ketones is 1. The Morgan fingerprint density at radius 3 is 2.00 bits per heavy atom. The molecule has 3 aromatic rings. The number of hydrogen-bond acceptors (Lipinski definition) is 4. The highest BCUT2D eigenvalue weighted by Crippen LogP contribution is 2.19. The number of esters is 1. The van der Waals surface area contributed by atoms with Crippen molar-refractivity contribution in [3.05, 3.63) is 101 Å². The summed E-state index contributed by atoms with van der Waals surface area (Å²) < 4.78 is 5.31. The van der Waals surface area contributed by atoms with E-state index in [1.807, 2.05) is 63.2 Å². The van der Waals surface area contributed by atoms with E-state index in [0.717, 1.165) is 11.3 Å². The van der Waals surface area contributed by atoms with E-state index in [1.165, 1.54) is 6.07 Å². The Labute approximate surface area is 182 Å². The number of rotatable bonds is 7. The van der Waals surface area contributed by atoms with E-state index in [1.54, 1.807) is 35.2 Å². The first-order valence-electron chi connectivity index (χ1n) is 10.1. The topological polar surface area (TPSA) is 63.7 Å².